The number of methoxy groups -OCH3 is 1. The zero-order chi connectivity index (χ0) is 30.8. The van der Waals surface area contributed by atoms with Crippen LogP contribution in [0.2, 0.25) is 0 Å². The number of esters is 2. The van der Waals surface area contributed by atoms with Gasteiger partial charge in [0.25, 0.3) is 0 Å². The van der Waals surface area contributed by atoms with Gasteiger partial charge in [-0.05, 0) is 44.4 Å². The molecule has 2 aromatic carbocycles. The number of benzene rings is 2. The van der Waals surface area contributed by atoms with Gasteiger partial charge in [0, 0.05) is 29.3 Å². The van der Waals surface area contributed by atoms with E-state index in [0.717, 1.165) is 36.8 Å². The number of nitrogens with one attached hydrogen (secondary N) is 2. The second-order valence-corrected chi connectivity index (χ2v) is 12.9. The van der Waals surface area contributed by atoms with Crippen molar-refractivity contribution in [2.24, 2.45) is 0 Å². The molecule has 10 heteroatoms. The third-order valence-electron chi connectivity index (χ3n) is 7.84. The molecule has 0 aromatic heterocycles. The van der Waals surface area contributed by atoms with Gasteiger partial charge in [-0.15, -0.1) is 0 Å². The Morgan fingerprint density at radius 2 is 1.69 bits per heavy atom. The standard InChI is InChI=1S/C32H48N2O7S/c1-6-10-16-32(7-2)22-42(37,38)28-17-24(21-33-25(18-29(35)40-8-3)19-30(36)41-9-4)27(39-5)20-26(28)31(34-32)23-14-12-11-13-15-23/h11-15,17,20,25,31,33-34,37-38H,6-10,16,18-19,21-22H2,1-5H3/t31-,32-/m1/s1. The molecule has 9 nitrogen and oxygen atoms in total. The van der Waals surface area contributed by atoms with Gasteiger partial charge in [0.15, 0.2) is 0 Å². The number of rotatable bonds is 15. The van der Waals surface area contributed by atoms with Gasteiger partial charge in [0.05, 0.1) is 49.9 Å². The molecule has 1 aliphatic heterocycles. The van der Waals surface area contributed by atoms with Crippen molar-refractivity contribution in [1.29, 1.82) is 0 Å². The van der Waals surface area contributed by atoms with E-state index in [9.17, 15) is 18.7 Å². The highest BCUT2D eigenvalue weighted by atomic mass is 32.3. The summed E-state index contributed by atoms with van der Waals surface area (Å²) in [6, 6.07) is 12.9. The molecule has 0 fully saturated rings. The molecule has 0 aliphatic carbocycles. The number of carbonyl (C=O) groups excluding carboxylic acids is 2. The molecule has 1 aliphatic rings. The molecule has 0 saturated carbocycles. The minimum atomic E-state index is -3.20. The van der Waals surface area contributed by atoms with Crippen LogP contribution in [0, 0.1) is 0 Å². The highest BCUT2D eigenvalue weighted by Gasteiger charge is 2.42. The summed E-state index contributed by atoms with van der Waals surface area (Å²) in [5, 5.41) is 7.14. The van der Waals surface area contributed by atoms with E-state index in [0.29, 0.717) is 16.2 Å². The van der Waals surface area contributed by atoms with Crippen LogP contribution in [0.15, 0.2) is 47.4 Å². The van der Waals surface area contributed by atoms with E-state index in [1.54, 1.807) is 21.0 Å². The molecule has 0 amide bonds. The van der Waals surface area contributed by atoms with E-state index in [-0.39, 0.29) is 44.4 Å². The SMILES string of the molecule is CCCC[C@]1(CC)CS(O)(O)c2cc(CNC(CC(=O)OCC)CC(=O)OCC)c(OC)cc2[C@@H](c2ccccc2)N1. The second-order valence-electron chi connectivity index (χ2n) is 10.8. The maximum atomic E-state index is 12.3. The van der Waals surface area contributed by atoms with E-state index in [1.165, 1.54) is 0 Å². The third kappa shape index (κ3) is 8.70. The van der Waals surface area contributed by atoms with Crippen molar-refractivity contribution in [2.75, 3.05) is 26.1 Å². The highest BCUT2D eigenvalue weighted by Crippen LogP contribution is 2.58. The van der Waals surface area contributed by atoms with Crippen molar-refractivity contribution in [3.05, 3.63) is 59.2 Å². The Hall–Kier alpha value is -2.63. The van der Waals surface area contributed by atoms with Crippen LogP contribution in [0.4, 0.5) is 0 Å². The van der Waals surface area contributed by atoms with Crippen molar-refractivity contribution < 1.29 is 32.9 Å². The fraction of sp³-hybridized carbons (Fsp3) is 0.562. The normalized spacial score (nSPS) is 20.3. The van der Waals surface area contributed by atoms with E-state index in [4.69, 9.17) is 14.2 Å². The van der Waals surface area contributed by atoms with Crippen LogP contribution < -0.4 is 15.4 Å². The number of fused-ring (bicyclic) bond motifs is 1. The minimum Gasteiger partial charge on any atom is -0.496 e. The largest absolute Gasteiger partial charge is 0.496 e. The average Bonchev–Trinajstić information content (AvgIpc) is 3.06. The van der Waals surface area contributed by atoms with Crippen molar-refractivity contribution >= 4 is 22.5 Å². The molecule has 42 heavy (non-hydrogen) atoms. The molecule has 1 heterocycles. The molecule has 0 saturated heterocycles. The zero-order valence-corrected chi connectivity index (χ0v) is 26.4. The molecule has 234 valence electrons. The van der Waals surface area contributed by atoms with Gasteiger partial charge in [-0.3, -0.25) is 24.0 Å². The van der Waals surface area contributed by atoms with Crippen molar-refractivity contribution in [3.63, 3.8) is 0 Å². The minimum absolute atomic E-state index is 0.00839. The van der Waals surface area contributed by atoms with Crippen molar-refractivity contribution in [3.8, 4) is 5.75 Å². The molecule has 3 rings (SSSR count). The van der Waals surface area contributed by atoms with Gasteiger partial charge in [0.2, 0.25) is 0 Å². The molecule has 4 N–H and O–H groups in total. The van der Waals surface area contributed by atoms with Crippen molar-refractivity contribution in [1.82, 2.24) is 10.6 Å². The summed E-state index contributed by atoms with van der Waals surface area (Å²) < 4.78 is 39.6. The maximum absolute atomic E-state index is 12.3. The van der Waals surface area contributed by atoms with Crippen LogP contribution in [0.1, 0.15) is 89.0 Å². The first-order valence-corrected chi connectivity index (χ1v) is 16.7. The Morgan fingerprint density at radius 3 is 2.24 bits per heavy atom. The summed E-state index contributed by atoms with van der Waals surface area (Å²) in [5.74, 6) is -0.0487. The molecule has 2 aromatic rings. The third-order valence-corrected chi connectivity index (χ3v) is 9.85. The first-order chi connectivity index (χ1) is 20.1. The summed E-state index contributed by atoms with van der Waals surface area (Å²) in [7, 11) is -1.62. The molecular formula is C32H48N2O7S. The smallest absolute Gasteiger partial charge is 0.307 e. The van der Waals surface area contributed by atoms with Gasteiger partial charge in [-0.25, -0.2) is 0 Å². The predicted octanol–water partition coefficient (Wildman–Crippen LogP) is 6.20. The molecule has 0 bridgehead atoms. The summed E-state index contributed by atoms with van der Waals surface area (Å²) in [5.41, 5.74) is 2.02. The van der Waals surface area contributed by atoms with E-state index in [1.807, 2.05) is 30.3 Å². The van der Waals surface area contributed by atoms with Crippen LogP contribution >= 0.6 is 10.6 Å². The van der Waals surface area contributed by atoms with Gasteiger partial charge >= 0.3 is 11.9 Å². The molecular weight excluding hydrogens is 556 g/mol. The molecule has 0 unspecified atom stereocenters. The number of ether oxygens (including phenoxy) is 3. The zero-order valence-electron chi connectivity index (χ0n) is 25.6. The summed E-state index contributed by atoms with van der Waals surface area (Å²) in [6.45, 7) is 8.43. The molecule has 2 atom stereocenters. The Labute approximate surface area is 252 Å². The number of hydrogen-bond donors (Lipinski definition) is 4. The first-order valence-electron chi connectivity index (χ1n) is 15.0. The van der Waals surface area contributed by atoms with Crippen LogP contribution in [0.3, 0.4) is 0 Å². The van der Waals surface area contributed by atoms with E-state index < -0.39 is 34.1 Å². The number of unbranched alkanes of at least 4 members (excludes halogenated alkanes) is 1. The Kier molecular flexibility index (Phi) is 12.7. The fourth-order valence-electron chi connectivity index (χ4n) is 5.61. The van der Waals surface area contributed by atoms with E-state index in [2.05, 4.69) is 36.6 Å². The van der Waals surface area contributed by atoms with Crippen LogP contribution in [0.25, 0.3) is 0 Å². The Balaban J connectivity index is 2.04. The quantitative estimate of drug-likeness (QED) is 0.176. The van der Waals surface area contributed by atoms with Gasteiger partial charge < -0.3 is 19.5 Å². The van der Waals surface area contributed by atoms with Crippen LogP contribution in [-0.4, -0.2) is 58.7 Å². The van der Waals surface area contributed by atoms with Gasteiger partial charge in [-0.1, -0.05) is 57.0 Å². The fourth-order valence-corrected chi connectivity index (χ4v) is 7.85. The van der Waals surface area contributed by atoms with Crippen LogP contribution in [-0.2, 0) is 25.6 Å². The molecule has 0 radical (unpaired) electrons. The Morgan fingerprint density at radius 1 is 1.05 bits per heavy atom. The van der Waals surface area contributed by atoms with Gasteiger partial charge in [0.1, 0.15) is 5.75 Å². The second kappa shape index (κ2) is 15.7. The topological polar surface area (TPSA) is 126 Å². The first kappa shape index (κ1) is 33.9. The lowest BCUT2D eigenvalue weighted by molar-refractivity contribution is -0.145. The van der Waals surface area contributed by atoms with Crippen molar-refractivity contribution in [2.45, 2.75) is 95.3 Å². The van der Waals surface area contributed by atoms with Gasteiger partial charge in [-0.2, -0.15) is 10.6 Å². The Bertz CT molecular complexity index is 1160. The number of hydrogen-bond acceptors (Lipinski definition) is 9. The summed E-state index contributed by atoms with van der Waals surface area (Å²) >= 11 is 0. The lowest BCUT2D eigenvalue weighted by Gasteiger charge is -2.42. The predicted molar refractivity (Wildman–Crippen MR) is 166 cm³/mol. The van der Waals surface area contributed by atoms with Crippen LogP contribution in [0.5, 0.6) is 5.75 Å². The molecule has 0 spiro atoms. The lowest BCUT2D eigenvalue weighted by Crippen LogP contribution is -2.49. The van der Waals surface area contributed by atoms with E-state index >= 15 is 0 Å². The number of carbonyl (C=O) groups is 2. The summed E-state index contributed by atoms with van der Waals surface area (Å²) in [4.78, 5) is 25.0. The maximum Gasteiger partial charge on any atom is 0.307 e. The monoisotopic (exact) mass is 604 g/mol. The summed E-state index contributed by atoms with van der Waals surface area (Å²) in [6.07, 6.45) is 3.53. The lowest BCUT2D eigenvalue weighted by atomic mass is 9.88. The highest BCUT2D eigenvalue weighted by molar-refractivity contribution is 8.24. The average molecular weight is 605 g/mol.